The van der Waals surface area contributed by atoms with Gasteiger partial charge in [-0.3, -0.25) is 4.79 Å². The van der Waals surface area contributed by atoms with Crippen molar-refractivity contribution in [2.24, 2.45) is 0 Å². The summed E-state index contributed by atoms with van der Waals surface area (Å²) in [5.74, 6) is 1.42. The molecule has 0 spiro atoms. The standard InChI is InChI=1S/C24H20N4O2/c1-17-11-13-18(14-12-17)27-23-16-25-21(15-26-23)24(29)28-20-9-5-6-10-22(20)30-19-7-3-2-4-8-19/h2-16H,1H3,(H,26,27)(H,28,29). The summed E-state index contributed by atoms with van der Waals surface area (Å²) in [6.07, 6.45) is 2.97. The van der Waals surface area contributed by atoms with E-state index in [-0.39, 0.29) is 11.6 Å². The predicted octanol–water partition coefficient (Wildman–Crippen LogP) is 5.57. The summed E-state index contributed by atoms with van der Waals surface area (Å²) in [4.78, 5) is 21.1. The van der Waals surface area contributed by atoms with Crippen molar-refractivity contribution in [1.82, 2.24) is 9.97 Å². The second-order valence-electron chi connectivity index (χ2n) is 6.64. The molecule has 4 rings (SSSR count). The topological polar surface area (TPSA) is 76.1 Å². The number of aromatic nitrogens is 2. The predicted molar refractivity (Wildman–Crippen MR) is 117 cm³/mol. The van der Waals surface area contributed by atoms with Gasteiger partial charge in [0.15, 0.2) is 5.75 Å². The Bertz CT molecular complexity index is 1130. The monoisotopic (exact) mass is 396 g/mol. The molecular formula is C24H20N4O2. The smallest absolute Gasteiger partial charge is 0.275 e. The average Bonchev–Trinajstić information content (AvgIpc) is 2.78. The van der Waals surface area contributed by atoms with Gasteiger partial charge in [-0.2, -0.15) is 0 Å². The minimum atomic E-state index is -0.367. The highest BCUT2D eigenvalue weighted by Gasteiger charge is 2.12. The SMILES string of the molecule is Cc1ccc(Nc2cnc(C(=O)Nc3ccccc3Oc3ccccc3)cn2)cc1. The maximum absolute atomic E-state index is 12.6. The molecule has 4 aromatic rings. The highest BCUT2D eigenvalue weighted by Crippen LogP contribution is 2.29. The summed E-state index contributed by atoms with van der Waals surface area (Å²) in [6.45, 7) is 2.03. The number of nitrogens with one attached hydrogen (secondary N) is 2. The molecule has 30 heavy (non-hydrogen) atoms. The normalized spacial score (nSPS) is 10.3. The lowest BCUT2D eigenvalue weighted by Crippen LogP contribution is -2.14. The highest BCUT2D eigenvalue weighted by molar-refractivity contribution is 6.03. The fourth-order valence-corrected chi connectivity index (χ4v) is 2.76. The minimum Gasteiger partial charge on any atom is -0.455 e. The summed E-state index contributed by atoms with van der Waals surface area (Å²) < 4.78 is 5.88. The summed E-state index contributed by atoms with van der Waals surface area (Å²) in [6, 6.07) is 24.6. The number of amides is 1. The highest BCUT2D eigenvalue weighted by atomic mass is 16.5. The van der Waals surface area contributed by atoms with Crippen molar-refractivity contribution < 1.29 is 9.53 Å². The molecule has 0 radical (unpaired) electrons. The van der Waals surface area contributed by atoms with E-state index in [9.17, 15) is 4.79 Å². The Kier molecular flexibility index (Phi) is 5.66. The van der Waals surface area contributed by atoms with Crippen LogP contribution in [0.5, 0.6) is 11.5 Å². The zero-order valence-electron chi connectivity index (χ0n) is 16.4. The lowest BCUT2D eigenvalue weighted by Gasteiger charge is -2.12. The van der Waals surface area contributed by atoms with E-state index < -0.39 is 0 Å². The number of benzene rings is 3. The van der Waals surface area contributed by atoms with Crippen molar-refractivity contribution in [2.45, 2.75) is 6.92 Å². The molecule has 2 N–H and O–H groups in total. The zero-order valence-corrected chi connectivity index (χ0v) is 16.4. The van der Waals surface area contributed by atoms with Gasteiger partial charge >= 0.3 is 0 Å². The van der Waals surface area contributed by atoms with Crippen molar-refractivity contribution in [1.29, 1.82) is 0 Å². The number of para-hydroxylation sites is 3. The second-order valence-corrected chi connectivity index (χ2v) is 6.64. The minimum absolute atomic E-state index is 0.207. The third-order valence-corrected chi connectivity index (χ3v) is 4.31. The van der Waals surface area contributed by atoms with E-state index in [0.717, 1.165) is 5.69 Å². The van der Waals surface area contributed by atoms with Crippen LogP contribution in [0.4, 0.5) is 17.2 Å². The Morgan fingerprint density at radius 2 is 1.57 bits per heavy atom. The quantitative estimate of drug-likeness (QED) is 0.445. The van der Waals surface area contributed by atoms with Gasteiger partial charge in [-0.25, -0.2) is 9.97 Å². The van der Waals surface area contributed by atoms with Crippen molar-refractivity contribution in [3.63, 3.8) is 0 Å². The lowest BCUT2D eigenvalue weighted by atomic mass is 10.2. The molecule has 0 aliphatic carbocycles. The van der Waals surface area contributed by atoms with Crippen molar-refractivity contribution in [3.05, 3.63) is 103 Å². The number of anilines is 3. The first kappa shape index (κ1) is 19.1. The third-order valence-electron chi connectivity index (χ3n) is 4.31. The number of carbonyl (C=O) groups excluding carboxylic acids is 1. The van der Waals surface area contributed by atoms with Crippen LogP contribution in [0.25, 0.3) is 0 Å². The molecule has 0 unspecified atom stereocenters. The number of aryl methyl sites for hydroxylation is 1. The molecule has 0 atom stereocenters. The third kappa shape index (κ3) is 4.80. The van der Waals surface area contributed by atoms with Gasteiger partial charge in [0, 0.05) is 5.69 Å². The number of ether oxygens (including phenoxy) is 1. The molecule has 3 aromatic carbocycles. The maximum atomic E-state index is 12.6. The van der Waals surface area contributed by atoms with Crippen molar-refractivity contribution in [3.8, 4) is 11.5 Å². The molecule has 1 aromatic heterocycles. The summed E-state index contributed by atoms with van der Waals surface area (Å²) in [5.41, 5.74) is 2.84. The fraction of sp³-hybridized carbons (Fsp3) is 0.0417. The molecule has 0 saturated carbocycles. The van der Waals surface area contributed by atoms with Crippen LogP contribution in [0.15, 0.2) is 91.3 Å². The molecule has 1 amide bonds. The van der Waals surface area contributed by atoms with E-state index in [0.29, 0.717) is 23.0 Å². The van der Waals surface area contributed by atoms with E-state index in [2.05, 4.69) is 20.6 Å². The van der Waals surface area contributed by atoms with Gasteiger partial charge in [-0.05, 0) is 43.3 Å². The van der Waals surface area contributed by atoms with Gasteiger partial charge < -0.3 is 15.4 Å². The lowest BCUT2D eigenvalue weighted by molar-refractivity contribution is 0.102. The first-order chi connectivity index (χ1) is 14.7. The van der Waals surface area contributed by atoms with Crippen LogP contribution in [0.1, 0.15) is 16.1 Å². The largest absolute Gasteiger partial charge is 0.455 e. The number of rotatable bonds is 6. The Morgan fingerprint density at radius 1 is 0.833 bits per heavy atom. The van der Waals surface area contributed by atoms with Crippen LogP contribution < -0.4 is 15.4 Å². The summed E-state index contributed by atoms with van der Waals surface area (Å²) >= 11 is 0. The first-order valence-corrected chi connectivity index (χ1v) is 9.46. The Morgan fingerprint density at radius 3 is 2.30 bits per heavy atom. The molecule has 0 saturated heterocycles. The van der Waals surface area contributed by atoms with Crippen molar-refractivity contribution in [2.75, 3.05) is 10.6 Å². The molecule has 1 heterocycles. The van der Waals surface area contributed by atoms with Crippen LogP contribution in [-0.4, -0.2) is 15.9 Å². The molecule has 0 aliphatic heterocycles. The molecule has 6 nitrogen and oxygen atoms in total. The molecular weight excluding hydrogens is 376 g/mol. The number of carbonyl (C=O) groups is 1. The Labute approximate surface area is 174 Å². The van der Waals surface area contributed by atoms with E-state index in [1.54, 1.807) is 12.1 Å². The average molecular weight is 396 g/mol. The molecule has 148 valence electrons. The van der Waals surface area contributed by atoms with Gasteiger partial charge in [0.1, 0.15) is 17.3 Å². The van der Waals surface area contributed by atoms with E-state index in [4.69, 9.17) is 4.74 Å². The molecule has 0 bridgehead atoms. The van der Waals surface area contributed by atoms with Gasteiger partial charge in [-0.1, -0.05) is 48.0 Å². The number of hydrogen-bond acceptors (Lipinski definition) is 5. The van der Waals surface area contributed by atoms with E-state index in [1.165, 1.54) is 18.0 Å². The molecule has 6 heteroatoms. The number of hydrogen-bond donors (Lipinski definition) is 2. The van der Waals surface area contributed by atoms with Crippen molar-refractivity contribution >= 4 is 23.1 Å². The van der Waals surface area contributed by atoms with Gasteiger partial charge in [-0.15, -0.1) is 0 Å². The summed E-state index contributed by atoms with van der Waals surface area (Å²) in [7, 11) is 0. The second kappa shape index (κ2) is 8.87. The van der Waals surface area contributed by atoms with Gasteiger partial charge in [0.25, 0.3) is 5.91 Å². The van der Waals surface area contributed by atoms with Crippen LogP contribution in [0.2, 0.25) is 0 Å². The fourth-order valence-electron chi connectivity index (χ4n) is 2.76. The summed E-state index contributed by atoms with van der Waals surface area (Å²) in [5, 5.41) is 5.99. The van der Waals surface area contributed by atoms with Gasteiger partial charge in [0.2, 0.25) is 0 Å². The molecule has 0 aliphatic rings. The number of nitrogens with zero attached hydrogens (tertiary/aromatic N) is 2. The van der Waals surface area contributed by atoms with Crippen LogP contribution in [-0.2, 0) is 0 Å². The Hall–Kier alpha value is -4.19. The van der Waals surface area contributed by atoms with Crippen LogP contribution in [0, 0.1) is 6.92 Å². The van der Waals surface area contributed by atoms with E-state index in [1.807, 2.05) is 73.7 Å². The maximum Gasteiger partial charge on any atom is 0.275 e. The van der Waals surface area contributed by atoms with Gasteiger partial charge in [0.05, 0.1) is 18.1 Å². The first-order valence-electron chi connectivity index (χ1n) is 9.46. The van der Waals surface area contributed by atoms with Crippen LogP contribution >= 0.6 is 0 Å². The molecule has 0 fully saturated rings. The van der Waals surface area contributed by atoms with E-state index >= 15 is 0 Å². The Balaban J connectivity index is 1.44. The zero-order chi connectivity index (χ0) is 20.8. The van der Waals surface area contributed by atoms with Crippen LogP contribution in [0.3, 0.4) is 0 Å².